The summed E-state index contributed by atoms with van der Waals surface area (Å²) in [6, 6.07) is 0. The number of aliphatic hydroxyl groups excluding tert-OH is 1. The van der Waals surface area contributed by atoms with Crippen LogP contribution in [-0.2, 0) is 0 Å². The van der Waals surface area contributed by atoms with Gasteiger partial charge in [0.25, 0.3) is 0 Å². The van der Waals surface area contributed by atoms with Crippen LogP contribution in [-0.4, -0.2) is 17.3 Å². The van der Waals surface area contributed by atoms with Crippen molar-refractivity contribution >= 4 is 0 Å². The van der Waals surface area contributed by atoms with Crippen LogP contribution in [0, 0.1) is 17.9 Å². The average molecular weight is 167 g/mol. The molecule has 0 heterocycles. The molecule has 0 aromatic heterocycles. The summed E-state index contributed by atoms with van der Waals surface area (Å²) in [5.74, 6) is 0.431. The molecule has 1 aliphatic carbocycles. The first-order valence-electron chi connectivity index (χ1n) is 4.47. The third-order valence-electron chi connectivity index (χ3n) is 3.05. The van der Waals surface area contributed by atoms with E-state index in [9.17, 15) is 0 Å². The maximum Gasteiger partial charge on any atom is 0.241 e. The molecule has 12 heavy (non-hydrogen) atoms. The minimum Gasteiger partial charge on any atom is -0.396 e. The topological polar surface area (TPSA) is 24.6 Å². The first-order chi connectivity index (χ1) is 5.48. The van der Waals surface area contributed by atoms with Gasteiger partial charge in [0, 0.05) is 24.4 Å². The van der Waals surface area contributed by atoms with Crippen molar-refractivity contribution in [1.29, 1.82) is 0 Å². The predicted octanol–water partition coefficient (Wildman–Crippen LogP) is 2.09. The van der Waals surface area contributed by atoms with E-state index >= 15 is 0 Å². The molecule has 1 rings (SSSR count). The number of rotatable bonds is 2. The van der Waals surface area contributed by atoms with Crippen molar-refractivity contribution in [1.82, 2.24) is 0 Å². The van der Waals surface area contributed by atoms with Crippen molar-refractivity contribution in [3.8, 4) is 0 Å². The van der Waals surface area contributed by atoms with Gasteiger partial charge in [0.2, 0.25) is 5.54 Å². The van der Waals surface area contributed by atoms with E-state index in [2.05, 4.69) is 25.6 Å². The summed E-state index contributed by atoms with van der Waals surface area (Å²) >= 11 is 0. The van der Waals surface area contributed by atoms with Crippen LogP contribution >= 0.6 is 0 Å². The molecule has 1 N–H and O–H groups in total. The third-order valence-corrected chi connectivity index (χ3v) is 3.05. The highest BCUT2D eigenvalue weighted by Gasteiger charge is 2.68. The van der Waals surface area contributed by atoms with E-state index in [1.165, 1.54) is 0 Å². The summed E-state index contributed by atoms with van der Waals surface area (Å²) in [6.45, 7) is 13.7. The lowest BCUT2D eigenvalue weighted by molar-refractivity contribution is 0.257. The van der Waals surface area contributed by atoms with Gasteiger partial charge >= 0.3 is 0 Å². The summed E-state index contributed by atoms with van der Waals surface area (Å²) in [5.41, 5.74) is -0.107. The van der Waals surface area contributed by atoms with Gasteiger partial charge in [-0.2, -0.15) is 0 Å². The Balaban J connectivity index is 2.67. The molecule has 0 aromatic carbocycles. The lowest BCUT2D eigenvalue weighted by atomic mass is 9.82. The zero-order chi connectivity index (χ0) is 9.41. The van der Waals surface area contributed by atoms with Gasteiger partial charge in [-0.25, -0.2) is 6.57 Å². The Labute approximate surface area is 74.4 Å². The largest absolute Gasteiger partial charge is 0.396 e. The van der Waals surface area contributed by atoms with Crippen LogP contribution in [0.15, 0.2) is 0 Å². The molecular weight excluding hydrogens is 150 g/mol. The zero-order valence-corrected chi connectivity index (χ0v) is 8.09. The lowest BCUT2D eigenvalue weighted by Gasteiger charge is -2.21. The molecule has 0 radical (unpaired) electrons. The van der Waals surface area contributed by atoms with Crippen LogP contribution in [0.2, 0.25) is 0 Å². The Hall–Kier alpha value is -0.550. The van der Waals surface area contributed by atoms with E-state index in [4.69, 9.17) is 11.7 Å². The first kappa shape index (κ1) is 9.54. The highest BCUT2D eigenvalue weighted by Crippen LogP contribution is 2.59. The van der Waals surface area contributed by atoms with Crippen LogP contribution in [0.3, 0.4) is 0 Å². The standard InChI is InChI=1S/C10H17NO/c1-9(2,3)10(11-4)7-8(10)5-6-12/h8,12H,5-7H2,1-3H3/t8-,10-/m0/s1. The molecule has 0 aromatic rings. The molecule has 2 heteroatoms. The van der Waals surface area contributed by atoms with Crippen molar-refractivity contribution in [2.24, 2.45) is 11.3 Å². The molecule has 0 spiro atoms. The molecule has 0 bridgehead atoms. The van der Waals surface area contributed by atoms with Crippen LogP contribution in [0.5, 0.6) is 0 Å². The quantitative estimate of drug-likeness (QED) is 0.626. The minimum atomic E-state index is -0.171. The minimum absolute atomic E-state index is 0.0641. The fraction of sp³-hybridized carbons (Fsp3) is 0.900. The van der Waals surface area contributed by atoms with Crippen LogP contribution in [0.1, 0.15) is 33.6 Å². The van der Waals surface area contributed by atoms with Gasteiger partial charge in [-0.05, 0) is 6.42 Å². The Morgan fingerprint density at radius 3 is 2.42 bits per heavy atom. The highest BCUT2D eigenvalue weighted by atomic mass is 16.3. The molecule has 0 amide bonds. The molecule has 0 aliphatic heterocycles. The van der Waals surface area contributed by atoms with E-state index < -0.39 is 0 Å². The second-order valence-electron chi connectivity index (χ2n) is 4.70. The van der Waals surface area contributed by atoms with Gasteiger partial charge in [-0.15, -0.1) is 0 Å². The fourth-order valence-corrected chi connectivity index (χ4v) is 2.04. The number of hydrogen-bond acceptors (Lipinski definition) is 1. The molecule has 2 nitrogen and oxygen atoms in total. The number of nitrogens with zero attached hydrogens (tertiary/aromatic N) is 1. The molecule has 1 fully saturated rings. The van der Waals surface area contributed by atoms with E-state index in [1.54, 1.807) is 0 Å². The molecule has 1 saturated carbocycles. The molecule has 2 atom stereocenters. The van der Waals surface area contributed by atoms with E-state index in [0.29, 0.717) is 5.92 Å². The Morgan fingerprint density at radius 1 is 1.58 bits per heavy atom. The molecule has 1 aliphatic rings. The van der Waals surface area contributed by atoms with Gasteiger partial charge in [0.05, 0.1) is 0 Å². The van der Waals surface area contributed by atoms with Crippen molar-refractivity contribution in [2.45, 2.75) is 39.2 Å². The van der Waals surface area contributed by atoms with E-state index in [-0.39, 0.29) is 17.6 Å². The Bertz CT molecular complexity index is 211. The van der Waals surface area contributed by atoms with Gasteiger partial charge in [0.15, 0.2) is 0 Å². The Morgan fingerprint density at radius 2 is 2.17 bits per heavy atom. The lowest BCUT2D eigenvalue weighted by Crippen LogP contribution is -2.27. The van der Waals surface area contributed by atoms with Gasteiger partial charge < -0.3 is 9.95 Å². The molecular formula is C10H17NO. The monoisotopic (exact) mass is 167 g/mol. The Kier molecular flexibility index (Phi) is 2.18. The van der Waals surface area contributed by atoms with E-state index in [0.717, 1.165) is 12.8 Å². The summed E-state index contributed by atoms with van der Waals surface area (Å²) in [5, 5.41) is 8.77. The number of aliphatic hydroxyl groups is 1. The number of hydrogen-bond donors (Lipinski definition) is 1. The average Bonchev–Trinajstić information content (AvgIpc) is 2.63. The van der Waals surface area contributed by atoms with Gasteiger partial charge in [-0.3, -0.25) is 0 Å². The SMILES string of the molecule is [C-]#[N+][C@@]1(C(C)(C)C)C[C@@H]1CCO. The first-order valence-corrected chi connectivity index (χ1v) is 4.47. The maximum atomic E-state index is 8.77. The van der Waals surface area contributed by atoms with Crippen molar-refractivity contribution < 1.29 is 5.11 Å². The molecule has 68 valence electrons. The van der Waals surface area contributed by atoms with Crippen molar-refractivity contribution in [2.75, 3.05) is 6.61 Å². The third kappa shape index (κ3) is 1.23. The summed E-state index contributed by atoms with van der Waals surface area (Å²) in [4.78, 5) is 3.74. The summed E-state index contributed by atoms with van der Waals surface area (Å²) in [6.07, 6.45) is 1.76. The van der Waals surface area contributed by atoms with Crippen molar-refractivity contribution in [3.05, 3.63) is 11.4 Å². The summed E-state index contributed by atoms with van der Waals surface area (Å²) in [7, 11) is 0. The van der Waals surface area contributed by atoms with Crippen LogP contribution in [0.4, 0.5) is 0 Å². The smallest absolute Gasteiger partial charge is 0.241 e. The van der Waals surface area contributed by atoms with Gasteiger partial charge in [0.1, 0.15) is 0 Å². The molecule has 0 saturated heterocycles. The normalized spacial score (nSPS) is 34.4. The second kappa shape index (κ2) is 2.74. The maximum absolute atomic E-state index is 8.77. The summed E-state index contributed by atoms with van der Waals surface area (Å²) < 4.78 is 0. The predicted molar refractivity (Wildman–Crippen MR) is 48.6 cm³/mol. The van der Waals surface area contributed by atoms with Crippen LogP contribution in [0.25, 0.3) is 4.85 Å². The van der Waals surface area contributed by atoms with Crippen LogP contribution < -0.4 is 0 Å². The zero-order valence-electron chi connectivity index (χ0n) is 8.09. The molecule has 0 unspecified atom stereocenters. The second-order valence-corrected chi connectivity index (χ2v) is 4.70. The van der Waals surface area contributed by atoms with Gasteiger partial charge in [-0.1, -0.05) is 20.8 Å². The van der Waals surface area contributed by atoms with Crippen molar-refractivity contribution in [3.63, 3.8) is 0 Å². The van der Waals surface area contributed by atoms with E-state index in [1.807, 2.05) is 0 Å². The fourth-order valence-electron chi connectivity index (χ4n) is 2.04. The highest BCUT2D eigenvalue weighted by molar-refractivity contribution is 5.23.